The molecule has 6 heteroatoms. The van der Waals surface area contributed by atoms with Crippen molar-refractivity contribution in [1.82, 2.24) is 0 Å². The van der Waals surface area contributed by atoms with Gasteiger partial charge >= 0.3 is 6.18 Å². The van der Waals surface area contributed by atoms with Crippen molar-refractivity contribution in [2.75, 3.05) is 7.11 Å². The maximum absolute atomic E-state index is 13.0. The van der Waals surface area contributed by atoms with Crippen molar-refractivity contribution in [3.05, 3.63) is 29.6 Å². The van der Waals surface area contributed by atoms with Crippen molar-refractivity contribution >= 4 is 15.9 Å². The van der Waals surface area contributed by atoms with E-state index in [2.05, 4.69) is 15.9 Å². The predicted molar refractivity (Wildman–Crippen MR) is 59.9 cm³/mol. The van der Waals surface area contributed by atoms with Gasteiger partial charge in [-0.05, 0) is 24.6 Å². The molecule has 0 N–H and O–H groups in total. The maximum Gasteiger partial charge on any atom is 0.389 e. The first-order chi connectivity index (χ1) is 7.83. The van der Waals surface area contributed by atoms with E-state index < -0.39 is 23.2 Å². The Bertz CT molecular complexity index is 378. The molecule has 96 valence electrons. The monoisotopic (exact) mass is 314 g/mol. The van der Waals surface area contributed by atoms with Gasteiger partial charge in [0.2, 0.25) is 0 Å². The van der Waals surface area contributed by atoms with E-state index in [0.29, 0.717) is 11.3 Å². The molecule has 0 aliphatic carbocycles. The van der Waals surface area contributed by atoms with Crippen LogP contribution in [0.4, 0.5) is 17.6 Å². The van der Waals surface area contributed by atoms with Crippen LogP contribution >= 0.6 is 15.9 Å². The lowest BCUT2D eigenvalue weighted by Crippen LogP contribution is -2.08. The molecular formula is C11H11BrF4O. The van der Waals surface area contributed by atoms with Gasteiger partial charge in [0.1, 0.15) is 11.6 Å². The third kappa shape index (κ3) is 4.53. The molecule has 0 aromatic heterocycles. The van der Waals surface area contributed by atoms with E-state index in [0.717, 1.165) is 0 Å². The van der Waals surface area contributed by atoms with Gasteiger partial charge < -0.3 is 4.74 Å². The van der Waals surface area contributed by atoms with Crippen LogP contribution in [0.3, 0.4) is 0 Å². The van der Waals surface area contributed by atoms with Crippen LogP contribution < -0.4 is 4.74 Å². The highest BCUT2D eigenvalue weighted by Crippen LogP contribution is 2.37. The zero-order valence-corrected chi connectivity index (χ0v) is 10.6. The van der Waals surface area contributed by atoms with Gasteiger partial charge in [-0.3, -0.25) is 0 Å². The van der Waals surface area contributed by atoms with Crippen molar-refractivity contribution in [2.45, 2.75) is 23.8 Å². The van der Waals surface area contributed by atoms with Crippen LogP contribution in [0.1, 0.15) is 23.2 Å². The van der Waals surface area contributed by atoms with E-state index in [-0.39, 0.29) is 6.42 Å². The van der Waals surface area contributed by atoms with Gasteiger partial charge in [-0.25, -0.2) is 4.39 Å². The molecule has 0 aliphatic heterocycles. The van der Waals surface area contributed by atoms with Crippen LogP contribution in [0.5, 0.6) is 5.75 Å². The number of halogens is 5. The van der Waals surface area contributed by atoms with E-state index in [4.69, 9.17) is 4.74 Å². The first-order valence-corrected chi connectivity index (χ1v) is 5.79. The third-order valence-electron chi connectivity index (χ3n) is 2.21. The number of hydrogen-bond donors (Lipinski definition) is 0. The molecule has 0 bridgehead atoms. The summed E-state index contributed by atoms with van der Waals surface area (Å²) in [6, 6.07) is 3.77. The molecule has 1 aromatic rings. The van der Waals surface area contributed by atoms with Crippen molar-refractivity contribution in [3.63, 3.8) is 0 Å². The summed E-state index contributed by atoms with van der Waals surface area (Å²) in [6.45, 7) is 0. The lowest BCUT2D eigenvalue weighted by molar-refractivity contribution is -0.135. The van der Waals surface area contributed by atoms with Crippen molar-refractivity contribution in [2.24, 2.45) is 0 Å². The number of benzene rings is 1. The Labute approximate surface area is 105 Å². The average Bonchev–Trinajstić information content (AvgIpc) is 2.25. The summed E-state index contributed by atoms with van der Waals surface area (Å²) in [5.74, 6) is -0.132. The first-order valence-electron chi connectivity index (χ1n) is 4.88. The van der Waals surface area contributed by atoms with Gasteiger partial charge in [0.05, 0.1) is 7.11 Å². The van der Waals surface area contributed by atoms with Gasteiger partial charge in [-0.1, -0.05) is 15.9 Å². The Morgan fingerprint density at radius 2 is 2.00 bits per heavy atom. The van der Waals surface area contributed by atoms with Gasteiger partial charge in [-0.15, -0.1) is 0 Å². The zero-order chi connectivity index (χ0) is 13.1. The summed E-state index contributed by atoms with van der Waals surface area (Å²) in [5, 5.41) is 0. The number of ether oxygens (including phenoxy) is 1. The molecule has 0 saturated heterocycles. The van der Waals surface area contributed by atoms with E-state index in [1.165, 1.54) is 25.3 Å². The number of rotatable bonds is 4. The molecule has 0 fully saturated rings. The molecule has 1 unspecified atom stereocenters. The largest absolute Gasteiger partial charge is 0.496 e. The second-order valence-electron chi connectivity index (χ2n) is 3.51. The van der Waals surface area contributed by atoms with Gasteiger partial charge in [-0.2, -0.15) is 13.2 Å². The minimum atomic E-state index is -4.22. The Balaban J connectivity index is 2.80. The highest BCUT2D eigenvalue weighted by Gasteiger charge is 2.28. The standard InChI is InChI=1S/C11H11BrF4O/c1-17-10-3-2-7(13)6-8(10)9(12)4-5-11(14,15)16/h2-3,6,9H,4-5H2,1H3. The van der Waals surface area contributed by atoms with Gasteiger partial charge in [0.25, 0.3) is 0 Å². The molecule has 1 atom stereocenters. The van der Waals surface area contributed by atoms with E-state index in [1.807, 2.05) is 0 Å². The summed E-state index contributed by atoms with van der Waals surface area (Å²) < 4.78 is 54.2. The SMILES string of the molecule is COc1ccc(F)cc1C(Br)CCC(F)(F)F. The Hall–Kier alpha value is -0.780. The van der Waals surface area contributed by atoms with E-state index in [1.54, 1.807) is 0 Å². The summed E-state index contributed by atoms with van der Waals surface area (Å²) in [5.41, 5.74) is 0.386. The molecule has 0 aliphatic rings. The fraction of sp³-hybridized carbons (Fsp3) is 0.455. The predicted octanol–water partition coefficient (Wildman–Crippen LogP) is 4.61. The molecule has 1 aromatic carbocycles. The molecule has 1 nitrogen and oxygen atoms in total. The van der Waals surface area contributed by atoms with Crippen LogP contribution in [0.2, 0.25) is 0 Å². The fourth-order valence-corrected chi connectivity index (χ4v) is 1.98. The molecule has 0 radical (unpaired) electrons. The highest BCUT2D eigenvalue weighted by molar-refractivity contribution is 9.09. The van der Waals surface area contributed by atoms with E-state index in [9.17, 15) is 17.6 Å². The Morgan fingerprint density at radius 1 is 1.35 bits per heavy atom. The summed E-state index contributed by atoms with van der Waals surface area (Å²) >= 11 is 3.12. The summed E-state index contributed by atoms with van der Waals surface area (Å²) in [7, 11) is 1.39. The van der Waals surface area contributed by atoms with Crippen molar-refractivity contribution in [1.29, 1.82) is 0 Å². The second kappa shape index (κ2) is 5.71. The average molecular weight is 315 g/mol. The van der Waals surface area contributed by atoms with Crippen LogP contribution in [0, 0.1) is 5.82 Å². The summed E-state index contributed by atoms with van der Waals surface area (Å²) in [6.07, 6.45) is -5.31. The maximum atomic E-state index is 13.0. The quantitative estimate of drug-likeness (QED) is 0.582. The molecule has 17 heavy (non-hydrogen) atoms. The molecule has 0 heterocycles. The van der Waals surface area contributed by atoms with Crippen LogP contribution in [0.15, 0.2) is 18.2 Å². The number of methoxy groups -OCH3 is 1. The second-order valence-corrected chi connectivity index (χ2v) is 4.61. The van der Waals surface area contributed by atoms with Crippen molar-refractivity contribution < 1.29 is 22.3 Å². The van der Waals surface area contributed by atoms with Gasteiger partial charge in [0.15, 0.2) is 0 Å². The number of hydrogen-bond acceptors (Lipinski definition) is 1. The molecule has 0 spiro atoms. The first kappa shape index (κ1) is 14.3. The smallest absolute Gasteiger partial charge is 0.389 e. The highest BCUT2D eigenvalue weighted by atomic mass is 79.9. The molecular weight excluding hydrogens is 304 g/mol. The van der Waals surface area contributed by atoms with Crippen molar-refractivity contribution in [3.8, 4) is 5.75 Å². The minimum Gasteiger partial charge on any atom is -0.496 e. The summed E-state index contributed by atoms with van der Waals surface area (Å²) in [4.78, 5) is -0.588. The lowest BCUT2D eigenvalue weighted by atomic mass is 10.1. The third-order valence-corrected chi connectivity index (χ3v) is 3.16. The topological polar surface area (TPSA) is 9.23 Å². The normalized spacial score (nSPS) is 13.5. The minimum absolute atomic E-state index is 0.163. The lowest BCUT2D eigenvalue weighted by Gasteiger charge is -2.15. The number of alkyl halides is 4. The molecule has 0 saturated carbocycles. The Kier molecular flexibility index (Phi) is 4.80. The van der Waals surface area contributed by atoms with Crippen LogP contribution in [-0.4, -0.2) is 13.3 Å². The fourth-order valence-electron chi connectivity index (χ4n) is 1.40. The molecule has 1 rings (SSSR count). The molecule has 0 amide bonds. The van der Waals surface area contributed by atoms with Gasteiger partial charge in [0, 0.05) is 16.8 Å². The van der Waals surface area contributed by atoms with Crippen LogP contribution in [-0.2, 0) is 0 Å². The van der Waals surface area contributed by atoms with Crippen LogP contribution in [0.25, 0.3) is 0 Å². The Morgan fingerprint density at radius 3 is 2.53 bits per heavy atom. The zero-order valence-electron chi connectivity index (χ0n) is 9.02. The van der Waals surface area contributed by atoms with E-state index >= 15 is 0 Å².